The topological polar surface area (TPSA) is 24.9 Å². The van der Waals surface area contributed by atoms with Gasteiger partial charge in [-0.25, -0.2) is 0 Å². The zero-order chi connectivity index (χ0) is 12.4. The van der Waals surface area contributed by atoms with E-state index in [9.17, 15) is 0 Å². The Morgan fingerprint density at radius 1 is 1.33 bits per heavy atom. The van der Waals surface area contributed by atoms with Crippen molar-refractivity contribution in [2.24, 2.45) is 5.92 Å². The first kappa shape index (κ1) is 11.7. The summed E-state index contributed by atoms with van der Waals surface area (Å²) in [7, 11) is 0. The summed E-state index contributed by atoms with van der Waals surface area (Å²) >= 11 is 0. The number of piperidine rings is 1. The lowest BCUT2D eigenvalue weighted by atomic mass is 9.92. The summed E-state index contributed by atoms with van der Waals surface area (Å²) in [4.78, 5) is 4.59. The highest BCUT2D eigenvalue weighted by molar-refractivity contribution is 5.79. The van der Waals surface area contributed by atoms with Crippen molar-refractivity contribution in [3.05, 3.63) is 41.6 Å². The number of nitrogens with zero attached hydrogens (tertiary/aromatic N) is 1. The highest BCUT2D eigenvalue weighted by Crippen LogP contribution is 2.20. The average molecular weight is 240 g/mol. The monoisotopic (exact) mass is 240 g/mol. The van der Waals surface area contributed by atoms with Crippen LogP contribution < -0.4 is 5.32 Å². The number of fused-ring (bicyclic) bond motifs is 1. The van der Waals surface area contributed by atoms with Crippen LogP contribution in [-0.4, -0.2) is 18.1 Å². The number of aromatic nitrogens is 1. The van der Waals surface area contributed by atoms with Crippen molar-refractivity contribution >= 4 is 10.9 Å². The fraction of sp³-hybridized carbons (Fsp3) is 0.438. The summed E-state index contributed by atoms with van der Waals surface area (Å²) in [5.41, 5.74) is 3.76. The molecule has 0 radical (unpaired) electrons. The minimum atomic E-state index is 0.781. The Labute approximate surface area is 108 Å². The first-order valence-corrected chi connectivity index (χ1v) is 6.87. The molecule has 2 aromatic rings. The molecular weight excluding hydrogens is 220 g/mol. The maximum absolute atomic E-state index is 4.59. The summed E-state index contributed by atoms with van der Waals surface area (Å²) in [6, 6.07) is 8.80. The number of pyridine rings is 1. The van der Waals surface area contributed by atoms with Crippen LogP contribution in [0, 0.1) is 12.8 Å². The highest BCUT2D eigenvalue weighted by Gasteiger charge is 2.13. The van der Waals surface area contributed by atoms with E-state index < -0.39 is 0 Å². The van der Waals surface area contributed by atoms with Gasteiger partial charge in [-0.05, 0) is 68.5 Å². The van der Waals surface area contributed by atoms with Gasteiger partial charge in [0.25, 0.3) is 0 Å². The maximum Gasteiger partial charge on any atom is 0.0704 e. The lowest BCUT2D eigenvalue weighted by Gasteiger charge is -2.22. The molecule has 1 aliphatic rings. The Hall–Kier alpha value is -1.41. The van der Waals surface area contributed by atoms with E-state index in [1.54, 1.807) is 0 Å². The number of aryl methyl sites for hydroxylation is 1. The van der Waals surface area contributed by atoms with Crippen molar-refractivity contribution in [3.8, 4) is 0 Å². The molecule has 94 valence electrons. The van der Waals surface area contributed by atoms with Gasteiger partial charge in [0.05, 0.1) is 5.52 Å². The fourth-order valence-electron chi connectivity index (χ4n) is 2.82. The summed E-state index contributed by atoms with van der Waals surface area (Å²) in [6.45, 7) is 4.46. The van der Waals surface area contributed by atoms with E-state index in [2.05, 4.69) is 47.7 Å². The third-order valence-corrected chi connectivity index (χ3v) is 3.82. The quantitative estimate of drug-likeness (QED) is 0.872. The number of hydrogen-bond acceptors (Lipinski definition) is 2. The zero-order valence-electron chi connectivity index (χ0n) is 10.9. The molecule has 0 spiro atoms. The van der Waals surface area contributed by atoms with Gasteiger partial charge in [0.2, 0.25) is 0 Å². The van der Waals surface area contributed by atoms with Crippen LogP contribution in [0.3, 0.4) is 0 Å². The lowest BCUT2D eigenvalue weighted by Crippen LogP contribution is -2.30. The van der Waals surface area contributed by atoms with Gasteiger partial charge in [0.1, 0.15) is 0 Å². The summed E-state index contributed by atoms with van der Waals surface area (Å²) in [6.07, 6.45) is 5.87. The Bertz CT molecular complexity index is 542. The molecule has 3 rings (SSSR count). The highest BCUT2D eigenvalue weighted by atomic mass is 14.9. The molecule has 2 heteroatoms. The van der Waals surface area contributed by atoms with Crippen LogP contribution in [0.4, 0.5) is 0 Å². The van der Waals surface area contributed by atoms with E-state index in [4.69, 9.17) is 0 Å². The van der Waals surface area contributed by atoms with Crippen molar-refractivity contribution in [2.75, 3.05) is 13.1 Å². The largest absolute Gasteiger partial charge is 0.316 e. The number of rotatable bonds is 2. The van der Waals surface area contributed by atoms with Crippen LogP contribution in [0.1, 0.15) is 24.0 Å². The summed E-state index contributed by atoms with van der Waals surface area (Å²) in [5, 5.41) is 4.74. The van der Waals surface area contributed by atoms with Crippen molar-refractivity contribution in [1.29, 1.82) is 0 Å². The van der Waals surface area contributed by atoms with Crippen molar-refractivity contribution in [1.82, 2.24) is 10.3 Å². The Kier molecular flexibility index (Phi) is 3.28. The smallest absolute Gasteiger partial charge is 0.0704 e. The molecule has 0 bridgehead atoms. The number of benzene rings is 1. The molecule has 1 N–H and O–H groups in total. The van der Waals surface area contributed by atoms with Crippen LogP contribution in [-0.2, 0) is 6.42 Å². The molecule has 0 amide bonds. The summed E-state index contributed by atoms with van der Waals surface area (Å²) < 4.78 is 0. The minimum absolute atomic E-state index is 0.781. The molecule has 1 aromatic heterocycles. The molecule has 1 unspecified atom stereocenters. The maximum atomic E-state index is 4.59. The van der Waals surface area contributed by atoms with E-state index in [1.807, 2.05) is 0 Å². The van der Waals surface area contributed by atoms with Crippen LogP contribution in [0.2, 0.25) is 0 Å². The molecule has 0 saturated carbocycles. The Morgan fingerprint density at radius 3 is 3.11 bits per heavy atom. The van der Waals surface area contributed by atoms with E-state index in [0.29, 0.717) is 0 Å². The second-order valence-electron chi connectivity index (χ2n) is 5.46. The Balaban J connectivity index is 1.82. The number of nitrogens with one attached hydrogen (secondary N) is 1. The second-order valence-corrected chi connectivity index (χ2v) is 5.46. The molecular formula is C16H20N2. The molecule has 18 heavy (non-hydrogen) atoms. The molecule has 2 heterocycles. The minimum Gasteiger partial charge on any atom is -0.316 e. The predicted octanol–water partition coefficient (Wildman–Crippen LogP) is 3.09. The van der Waals surface area contributed by atoms with Gasteiger partial charge in [-0.3, -0.25) is 4.98 Å². The van der Waals surface area contributed by atoms with Gasteiger partial charge < -0.3 is 5.32 Å². The number of hydrogen-bond donors (Lipinski definition) is 1. The molecule has 1 aromatic carbocycles. The van der Waals surface area contributed by atoms with Crippen LogP contribution in [0.25, 0.3) is 10.9 Å². The molecule has 1 atom stereocenters. The van der Waals surface area contributed by atoms with Gasteiger partial charge in [-0.2, -0.15) is 0 Å². The molecule has 2 nitrogen and oxygen atoms in total. The first-order chi connectivity index (χ1) is 8.81. The van der Waals surface area contributed by atoms with Gasteiger partial charge in [-0.15, -0.1) is 0 Å². The average Bonchev–Trinajstić information content (AvgIpc) is 2.40. The third kappa shape index (κ3) is 2.54. The Morgan fingerprint density at radius 2 is 2.28 bits per heavy atom. The van der Waals surface area contributed by atoms with Crippen LogP contribution in [0.15, 0.2) is 30.5 Å². The second kappa shape index (κ2) is 5.07. The van der Waals surface area contributed by atoms with E-state index in [1.165, 1.54) is 35.9 Å². The van der Waals surface area contributed by atoms with Gasteiger partial charge >= 0.3 is 0 Å². The standard InChI is InChI=1S/C16H20N2/c1-12-4-5-15-9-14(11-18-16(15)7-12)8-13-3-2-6-17-10-13/h4-5,7,9,11,13,17H,2-3,6,8,10H2,1H3. The molecule has 1 aliphatic heterocycles. The molecule has 1 saturated heterocycles. The fourth-order valence-corrected chi connectivity index (χ4v) is 2.82. The van der Waals surface area contributed by atoms with Crippen LogP contribution >= 0.6 is 0 Å². The van der Waals surface area contributed by atoms with Crippen LogP contribution in [0.5, 0.6) is 0 Å². The SMILES string of the molecule is Cc1ccc2cc(CC3CCCNC3)cnc2c1. The summed E-state index contributed by atoms with van der Waals surface area (Å²) in [5.74, 6) is 0.781. The zero-order valence-corrected chi connectivity index (χ0v) is 10.9. The molecule has 0 aliphatic carbocycles. The van der Waals surface area contributed by atoms with E-state index in [-0.39, 0.29) is 0 Å². The predicted molar refractivity (Wildman–Crippen MR) is 75.8 cm³/mol. The third-order valence-electron chi connectivity index (χ3n) is 3.82. The van der Waals surface area contributed by atoms with Gasteiger partial charge in [-0.1, -0.05) is 12.1 Å². The van der Waals surface area contributed by atoms with Gasteiger partial charge in [0, 0.05) is 11.6 Å². The lowest BCUT2D eigenvalue weighted by molar-refractivity contribution is 0.376. The van der Waals surface area contributed by atoms with E-state index >= 15 is 0 Å². The van der Waals surface area contributed by atoms with Gasteiger partial charge in [0.15, 0.2) is 0 Å². The molecule has 1 fully saturated rings. The first-order valence-electron chi connectivity index (χ1n) is 6.87. The van der Waals surface area contributed by atoms with E-state index in [0.717, 1.165) is 24.4 Å². The van der Waals surface area contributed by atoms with Crippen molar-refractivity contribution in [2.45, 2.75) is 26.2 Å². The van der Waals surface area contributed by atoms with Crippen molar-refractivity contribution in [3.63, 3.8) is 0 Å². The van der Waals surface area contributed by atoms with Crippen molar-refractivity contribution < 1.29 is 0 Å². The normalized spacial score (nSPS) is 20.2.